The predicted molar refractivity (Wildman–Crippen MR) is 94.1 cm³/mol. The molecule has 5 nitrogen and oxygen atoms in total. The van der Waals surface area contributed by atoms with Crippen molar-refractivity contribution in [3.8, 4) is 0 Å². The Balaban J connectivity index is 2.05. The van der Waals surface area contributed by atoms with Crippen LogP contribution in [0.15, 0.2) is 42.7 Å². The third-order valence-electron chi connectivity index (χ3n) is 4.21. The summed E-state index contributed by atoms with van der Waals surface area (Å²) < 4.78 is 2.25. The normalized spacial score (nSPS) is 21.0. The van der Waals surface area contributed by atoms with Crippen LogP contribution in [0.4, 0.5) is 0 Å². The summed E-state index contributed by atoms with van der Waals surface area (Å²) in [6.45, 7) is 4.89. The van der Waals surface area contributed by atoms with Crippen molar-refractivity contribution in [2.75, 3.05) is 13.2 Å². The second kappa shape index (κ2) is 6.68. The van der Waals surface area contributed by atoms with Crippen molar-refractivity contribution >= 4 is 17.3 Å². The molecule has 3 heterocycles. The Labute approximate surface area is 142 Å². The highest BCUT2D eigenvalue weighted by Gasteiger charge is 2.40. The monoisotopic (exact) mass is 330 g/mol. The summed E-state index contributed by atoms with van der Waals surface area (Å²) in [5.74, 6) is 0. The lowest BCUT2D eigenvalue weighted by Gasteiger charge is -2.29. The molecule has 0 unspecified atom stereocenters. The van der Waals surface area contributed by atoms with Gasteiger partial charge in [-0.05, 0) is 50.3 Å². The molecule has 6 heteroatoms. The summed E-state index contributed by atoms with van der Waals surface area (Å²) in [4.78, 5) is 6.56. The quantitative estimate of drug-likeness (QED) is 0.825. The summed E-state index contributed by atoms with van der Waals surface area (Å²) >= 11 is 5.51. The van der Waals surface area contributed by atoms with Gasteiger partial charge < -0.3 is 19.9 Å². The Morgan fingerprint density at radius 3 is 2.78 bits per heavy atom. The van der Waals surface area contributed by atoms with Crippen molar-refractivity contribution in [1.82, 2.24) is 19.8 Å². The maximum atomic E-state index is 9.44. The van der Waals surface area contributed by atoms with Gasteiger partial charge >= 0.3 is 0 Å². The molecule has 0 aromatic carbocycles. The van der Waals surface area contributed by atoms with E-state index in [4.69, 9.17) is 12.2 Å². The van der Waals surface area contributed by atoms with E-state index >= 15 is 0 Å². The molecule has 0 radical (unpaired) electrons. The minimum absolute atomic E-state index is 0.0157. The van der Waals surface area contributed by atoms with E-state index in [1.54, 1.807) is 6.20 Å². The zero-order valence-electron chi connectivity index (χ0n) is 13.4. The van der Waals surface area contributed by atoms with Crippen molar-refractivity contribution < 1.29 is 5.11 Å². The number of β-amino-alcohol motifs (C(OH)–C–C–N with tert-alkyl or cyclic N) is 1. The molecule has 0 saturated carbocycles. The Bertz CT molecular complexity index is 670. The average molecular weight is 330 g/mol. The zero-order valence-corrected chi connectivity index (χ0v) is 14.2. The summed E-state index contributed by atoms with van der Waals surface area (Å²) in [6, 6.07) is 10.4. The molecule has 1 aliphatic rings. The van der Waals surface area contributed by atoms with Crippen LogP contribution in [-0.2, 0) is 0 Å². The second-order valence-corrected chi connectivity index (χ2v) is 6.36. The molecule has 0 amide bonds. The Morgan fingerprint density at radius 2 is 2.13 bits per heavy atom. The van der Waals surface area contributed by atoms with Gasteiger partial charge in [0, 0.05) is 30.7 Å². The molecule has 0 aliphatic carbocycles. The summed E-state index contributed by atoms with van der Waals surface area (Å²) in [5.41, 5.74) is 2.13. The Morgan fingerprint density at radius 1 is 1.30 bits per heavy atom. The van der Waals surface area contributed by atoms with Crippen molar-refractivity contribution in [3.05, 3.63) is 54.1 Å². The molecule has 1 aliphatic heterocycles. The Kier molecular flexibility index (Phi) is 4.63. The van der Waals surface area contributed by atoms with E-state index < -0.39 is 0 Å². The first-order valence-electron chi connectivity index (χ1n) is 7.89. The largest absolute Gasteiger partial charge is 0.395 e. The van der Waals surface area contributed by atoms with Gasteiger partial charge in [0.1, 0.15) is 0 Å². The molecular weight excluding hydrogens is 308 g/mol. The molecule has 2 aromatic heterocycles. The first-order chi connectivity index (χ1) is 11.1. The third kappa shape index (κ3) is 2.96. The smallest absolute Gasteiger partial charge is 0.170 e. The lowest BCUT2D eigenvalue weighted by atomic mass is 10.0. The molecule has 3 rings (SSSR count). The van der Waals surface area contributed by atoms with Crippen LogP contribution < -0.4 is 5.32 Å². The van der Waals surface area contributed by atoms with Crippen LogP contribution in [0.3, 0.4) is 0 Å². The van der Waals surface area contributed by atoms with Crippen LogP contribution in [0.2, 0.25) is 0 Å². The van der Waals surface area contributed by atoms with E-state index in [0.29, 0.717) is 17.7 Å². The van der Waals surface area contributed by atoms with Crippen LogP contribution in [0, 0.1) is 0 Å². The molecule has 0 bridgehead atoms. The van der Waals surface area contributed by atoms with Crippen LogP contribution >= 0.6 is 12.2 Å². The van der Waals surface area contributed by atoms with Gasteiger partial charge in [-0.15, -0.1) is 0 Å². The maximum Gasteiger partial charge on any atom is 0.170 e. The zero-order chi connectivity index (χ0) is 16.4. The number of aliphatic hydroxyl groups is 1. The van der Waals surface area contributed by atoms with E-state index in [-0.39, 0.29) is 18.7 Å². The maximum absolute atomic E-state index is 9.44. The van der Waals surface area contributed by atoms with E-state index in [1.807, 2.05) is 18.2 Å². The van der Waals surface area contributed by atoms with E-state index in [9.17, 15) is 5.11 Å². The predicted octanol–water partition coefficient (Wildman–Crippen LogP) is 2.43. The first kappa shape index (κ1) is 16.0. The molecule has 1 fully saturated rings. The minimum atomic E-state index is -0.0253. The van der Waals surface area contributed by atoms with E-state index in [1.165, 1.54) is 5.69 Å². The van der Waals surface area contributed by atoms with Crippen molar-refractivity contribution in [2.24, 2.45) is 0 Å². The lowest BCUT2D eigenvalue weighted by molar-refractivity contribution is 0.218. The number of aliphatic hydroxyl groups excluding tert-OH is 1. The van der Waals surface area contributed by atoms with Gasteiger partial charge in [0.25, 0.3) is 0 Å². The van der Waals surface area contributed by atoms with Gasteiger partial charge in [-0.2, -0.15) is 0 Å². The number of nitrogens with zero attached hydrogens (tertiary/aromatic N) is 3. The molecule has 2 N–H and O–H groups in total. The summed E-state index contributed by atoms with van der Waals surface area (Å²) in [6.07, 6.45) is 3.89. The fourth-order valence-electron chi connectivity index (χ4n) is 3.20. The van der Waals surface area contributed by atoms with Crippen molar-refractivity contribution in [2.45, 2.75) is 32.0 Å². The number of pyridine rings is 1. The molecule has 0 spiro atoms. The fraction of sp³-hybridized carbons (Fsp3) is 0.412. The molecule has 2 atom stereocenters. The van der Waals surface area contributed by atoms with Gasteiger partial charge in [0.2, 0.25) is 0 Å². The molecule has 23 heavy (non-hydrogen) atoms. The van der Waals surface area contributed by atoms with Crippen LogP contribution in [0.5, 0.6) is 0 Å². The molecule has 2 aromatic rings. The van der Waals surface area contributed by atoms with Crippen molar-refractivity contribution in [3.63, 3.8) is 0 Å². The van der Waals surface area contributed by atoms with Gasteiger partial charge in [0.05, 0.1) is 24.4 Å². The molecule has 122 valence electrons. The standard InChI is InChI=1S/C17H22N4OS/c1-12(2)20-9-5-7-14(20)16-15(13-6-3-4-8-18-13)19-17(23)21(16)10-11-22/h3-9,12,15-16,22H,10-11H2,1-2H3,(H,19,23)/t15-,16-/m1/s1. The van der Waals surface area contributed by atoms with E-state index in [0.717, 1.165) is 5.69 Å². The third-order valence-corrected chi connectivity index (χ3v) is 4.56. The highest BCUT2D eigenvalue weighted by Crippen LogP contribution is 2.39. The summed E-state index contributed by atoms with van der Waals surface area (Å²) in [5, 5.41) is 13.5. The number of hydrogen-bond donors (Lipinski definition) is 2. The number of thiocarbonyl (C=S) groups is 1. The number of rotatable bonds is 5. The number of hydrogen-bond acceptors (Lipinski definition) is 3. The van der Waals surface area contributed by atoms with Gasteiger partial charge in [-0.3, -0.25) is 4.98 Å². The highest BCUT2D eigenvalue weighted by atomic mass is 32.1. The topological polar surface area (TPSA) is 53.3 Å². The molecular formula is C17H22N4OS. The fourth-order valence-corrected chi connectivity index (χ4v) is 3.54. The highest BCUT2D eigenvalue weighted by molar-refractivity contribution is 7.80. The van der Waals surface area contributed by atoms with Crippen LogP contribution in [-0.4, -0.2) is 37.8 Å². The SMILES string of the molecule is CC(C)n1cccc1[C@@H]1[C@@H](c2ccccn2)NC(=S)N1CCO. The molecule has 1 saturated heterocycles. The number of nitrogens with one attached hydrogen (secondary N) is 1. The Hall–Kier alpha value is -1.92. The van der Waals surface area contributed by atoms with E-state index in [2.05, 4.69) is 51.9 Å². The summed E-state index contributed by atoms with van der Waals surface area (Å²) in [7, 11) is 0. The number of aromatic nitrogens is 2. The van der Waals surface area contributed by atoms with Crippen LogP contribution in [0.1, 0.15) is 43.4 Å². The second-order valence-electron chi connectivity index (χ2n) is 5.98. The van der Waals surface area contributed by atoms with Crippen molar-refractivity contribution in [1.29, 1.82) is 0 Å². The van der Waals surface area contributed by atoms with Gasteiger partial charge in [-0.1, -0.05) is 6.07 Å². The lowest BCUT2D eigenvalue weighted by Crippen LogP contribution is -2.33. The first-order valence-corrected chi connectivity index (χ1v) is 8.30. The van der Waals surface area contributed by atoms with Gasteiger partial charge in [-0.25, -0.2) is 0 Å². The van der Waals surface area contributed by atoms with Crippen LogP contribution in [0.25, 0.3) is 0 Å². The average Bonchev–Trinajstić information content (AvgIpc) is 3.14. The minimum Gasteiger partial charge on any atom is -0.395 e. The van der Waals surface area contributed by atoms with Gasteiger partial charge in [0.15, 0.2) is 5.11 Å².